The molecule has 1 aliphatic rings. The van der Waals surface area contributed by atoms with E-state index in [1.807, 2.05) is 41.9 Å². The normalized spacial score (nSPS) is 16.4. The van der Waals surface area contributed by atoms with Crippen LogP contribution in [0.25, 0.3) is 16.0 Å². The van der Waals surface area contributed by atoms with E-state index in [0.29, 0.717) is 13.1 Å². The average molecular weight is 446 g/mol. The van der Waals surface area contributed by atoms with E-state index < -0.39 is 0 Å². The first-order valence-electron chi connectivity index (χ1n) is 11.1. The Balaban J connectivity index is 1.31. The molecule has 0 aliphatic carbocycles. The summed E-state index contributed by atoms with van der Waals surface area (Å²) in [6.07, 6.45) is 1.90. The lowest BCUT2D eigenvalue weighted by molar-refractivity contribution is -0.125. The fourth-order valence-corrected chi connectivity index (χ4v) is 5.23. The summed E-state index contributed by atoms with van der Waals surface area (Å²) in [5.41, 5.74) is 5.24. The molecule has 6 nitrogen and oxygen atoms in total. The third-order valence-electron chi connectivity index (χ3n) is 6.03. The van der Waals surface area contributed by atoms with Crippen molar-refractivity contribution in [3.05, 3.63) is 71.4 Å². The number of hydrogen-bond donors (Lipinski definition) is 1. The van der Waals surface area contributed by atoms with E-state index in [-0.39, 0.29) is 11.8 Å². The lowest BCUT2D eigenvalue weighted by Crippen LogP contribution is -2.43. The molecule has 1 saturated heterocycles. The minimum atomic E-state index is -0.0204. The Bertz CT molecular complexity index is 1230. The molecule has 1 atom stereocenters. The highest BCUT2D eigenvalue weighted by atomic mass is 32.1. The molecule has 164 valence electrons. The van der Waals surface area contributed by atoms with E-state index in [2.05, 4.69) is 46.5 Å². The van der Waals surface area contributed by atoms with Crippen LogP contribution in [0.5, 0.6) is 0 Å². The second-order valence-corrected chi connectivity index (χ2v) is 9.45. The number of thiazole rings is 1. The van der Waals surface area contributed by atoms with Crippen LogP contribution in [0.2, 0.25) is 0 Å². The van der Waals surface area contributed by atoms with Crippen molar-refractivity contribution in [2.24, 2.45) is 5.92 Å². The van der Waals surface area contributed by atoms with Crippen molar-refractivity contribution in [1.29, 1.82) is 0 Å². The highest BCUT2D eigenvalue weighted by Crippen LogP contribution is 2.34. The van der Waals surface area contributed by atoms with Gasteiger partial charge in [-0.05, 0) is 44.4 Å². The number of nitrogens with zero attached hydrogens (tertiary/aromatic N) is 4. The van der Waals surface area contributed by atoms with E-state index in [0.717, 1.165) is 51.8 Å². The summed E-state index contributed by atoms with van der Waals surface area (Å²) in [4.78, 5) is 20.1. The van der Waals surface area contributed by atoms with Crippen LogP contribution in [0, 0.1) is 19.8 Å². The summed E-state index contributed by atoms with van der Waals surface area (Å²) in [6.45, 7) is 6.30. The number of benzene rings is 2. The van der Waals surface area contributed by atoms with Gasteiger partial charge in [0.2, 0.25) is 5.91 Å². The Labute approximate surface area is 191 Å². The van der Waals surface area contributed by atoms with Gasteiger partial charge >= 0.3 is 0 Å². The second-order valence-electron chi connectivity index (χ2n) is 8.47. The van der Waals surface area contributed by atoms with E-state index in [4.69, 9.17) is 4.98 Å². The molecule has 2 aromatic carbocycles. The lowest BCUT2D eigenvalue weighted by atomic mass is 9.97. The van der Waals surface area contributed by atoms with Gasteiger partial charge in [0.1, 0.15) is 0 Å². The predicted octanol–water partition coefficient (Wildman–Crippen LogP) is 4.63. The third kappa shape index (κ3) is 4.12. The molecule has 0 unspecified atom stereocenters. The van der Waals surface area contributed by atoms with Crippen molar-refractivity contribution in [1.82, 2.24) is 20.1 Å². The number of hydrogen-bond acceptors (Lipinski definition) is 5. The summed E-state index contributed by atoms with van der Waals surface area (Å²) in [5, 5.41) is 8.79. The SMILES string of the molecule is Cc1ccc(CNC(=O)[C@@H]2CCCN(c3nc4c(s3)c(C)nn4-c3ccccc3)C2)cc1. The summed E-state index contributed by atoms with van der Waals surface area (Å²) < 4.78 is 3.02. The zero-order valence-corrected chi connectivity index (χ0v) is 19.2. The standard InChI is InChI=1S/C25H27N5OS/c1-17-10-12-19(13-11-17)15-26-24(31)20-7-6-14-29(16-20)25-27-23-22(32-25)18(2)28-30(23)21-8-4-3-5-9-21/h3-5,8-13,20H,6-7,14-16H2,1-2H3,(H,26,31)/t20-/m1/s1. The maximum absolute atomic E-state index is 12.9. The molecule has 1 aliphatic heterocycles. The van der Waals surface area contributed by atoms with Crippen LogP contribution >= 0.6 is 11.3 Å². The Morgan fingerprint density at radius 1 is 1.12 bits per heavy atom. The Morgan fingerprint density at radius 3 is 2.69 bits per heavy atom. The quantitative estimate of drug-likeness (QED) is 0.486. The van der Waals surface area contributed by atoms with E-state index in [1.54, 1.807) is 11.3 Å². The van der Waals surface area contributed by atoms with Gasteiger partial charge in [-0.25, -0.2) is 4.68 Å². The fraction of sp³-hybridized carbons (Fsp3) is 0.320. The maximum Gasteiger partial charge on any atom is 0.225 e. The van der Waals surface area contributed by atoms with Crippen molar-refractivity contribution < 1.29 is 4.79 Å². The van der Waals surface area contributed by atoms with E-state index in [1.165, 1.54) is 5.56 Å². The lowest BCUT2D eigenvalue weighted by Gasteiger charge is -2.31. The first-order valence-corrected chi connectivity index (χ1v) is 11.9. The molecule has 0 spiro atoms. The number of rotatable bonds is 5. The number of para-hydroxylation sites is 1. The van der Waals surface area contributed by atoms with Crippen molar-refractivity contribution in [2.75, 3.05) is 18.0 Å². The van der Waals surface area contributed by atoms with Crippen LogP contribution < -0.4 is 10.2 Å². The molecule has 5 rings (SSSR count). The number of fused-ring (bicyclic) bond motifs is 1. The molecule has 0 bridgehead atoms. The van der Waals surface area contributed by atoms with Crippen LogP contribution in [0.3, 0.4) is 0 Å². The van der Waals surface area contributed by atoms with Gasteiger partial charge in [-0.3, -0.25) is 4.79 Å². The maximum atomic E-state index is 12.9. The Hall–Kier alpha value is -3.19. The molecule has 2 aromatic heterocycles. The molecular formula is C25H27N5OS. The number of nitrogens with one attached hydrogen (secondary N) is 1. The monoisotopic (exact) mass is 445 g/mol. The largest absolute Gasteiger partial charge is 0.352 e. The molecule has 1 fully saturated rings. The molecule has 32 heavy (non-hydrogen) atoms. The van der Waals surface area contributed by atoms with Crippen molar-refractivity contribution in [3.8, 4) is 5.69 Å². The Kier molecular flexibility index (Phi) is 5.66. The number of carbonyl (C=O) groups is 1. The second kappa shape index (κ2) is 8.74. The average Bonchev–Trinajstić information content (AvgIpc) is 3.40. The number of piperidine rings is 1. The number of aromatic nitrogens is 3. The molecule has 3 heterocycles. The number of aryl methyl sites for hydroxylation is 2. The van der Waals surface area contributed by atoms with Crippen molar-refractivity contribution in [2.45, 2.75) is 33.2 Å². The van der Waals surface area contributed by atoms with Crippen LogP contribution in [0.4, 0.5) is 5.13 Å². The fourth-order valence-electron chi connectivity index (χ4n) is 4.21. The molecule has 7 heteroatoms. The van der Waals surface area contributed by atoms with Crippen LogP contribution in [-0.4, -0.2) is 33.8 Å². The topological polar surface area (TPSA) is 63.1 Å². The van der Waals surface area contributed by atoms with Gasteiger partial charge < -0.3 is 10.2 Å². The van der Waals surface area contributed by atoms with Crippen molar-refractivity contribution >= 4 is 32.7 Å². The summed E-state index contributed by atoms with van der Waals surface area (Å²) in [6, 6.07) is 18.4. The van der Waals surface area contributed by atoms with Gasteiger partial charge in [0.05, 0.1) is 22.0 Å². The van der Waals surface area contributed by atoms with Gasteiger partial charge in [0, 0.05) is 19.6 Å². The van der Waals surface area contributed by atoms with E-state index >= 15 is 0 Å². The van der Waals surface area contributed by atoms with Gasteiger partial charge in [-0.1, -0.05) is 59.4 Å². The van der Waals surface area contributed by atoms with Gasteiger partial charge in [-0.2, -0.15) is 10.1 Å². The molecule has 1 amide bonds. The highest BCUT2D eigenvalue weighted by molar-refractivity contribution is 7.22. The molecule has 1 N–H and O–H groups in total. The zero-order valence-electron chi connectivity index (χ0n) is 18.4. The molecular weight excluding hydrogens is 418 g/mol. The van der Waals surface area contributed by atoms with Crippen molar-refractivity contribution in [3.63, 3.8) is 0 Å². The predicted molar refractivity (Wildman–Crippen MR) is 129 cm³/mol. The van der Waals surface area contributed by atoms with Gasteiger partial charge in [0.15, 0.2) is 10.8 Å². The molecule has 0 saturated carbocycles. The summed E-state index contributed by atoms with van der Waals surface area (Å²) in [5.74, 6) is 0.107. The molecule has 4 aromatic rings. The minimum absolute atomic E-state index is 0.0204. The minimum Gasteiger partial charge on any atom is -0.352 e. The van der Waals surface area contributed by atoms with Gasteiger partial charge in [0.25, 0.3) is 0 Å². The Morgan fingerprint density at radius 2 is 1.91 bits per heavy atom. The summed E-state index contributed by atoms with van der Waals surface area (Å²) in [7, 11) is 0. The van der Waals surface area contributed by atoms with Gasteiger partial charge in [-0.15, -0.1) is 0 Å². The van der Waals surface area contributed by atoms with E-state index in [9.17, 15) is 4.79 Å². The first-order chi connectivity index (χ1) is 15.6. The zero-order chi connectivity index (χ0) is 22.1. The number of anilines is 1. The first kappa shape index (κ1) is 20.7. The van der Waals surface area contributed by atoms with Crippen LogP contribution in [0.15, 0.2) is 54.6 Å². The summed E-state index contributed by atoms with van der Waals surface area (Å²) >= 11 is 1.67. The number of amides is 1. The molecule has 0 radical (unpaired) electrons. The van der Waals surface area contributed by atoms with Crippen LogP contribution in [-0.2, 0) is 11.3 Å². The third-order valence-corrected chi connectivity index (χ3v) is 7.24. The van der Waals surface area contributed by atoms with Crippen LogP contribution in [0.1, 0.15) is 29.7 Å². The smallest absolute Gasteiger partial charge is 0.225 e. The highest BCUT2D eigenvalue weighted by Gasteiger charge is 2.28. The number of carbonyl (C=O) groups excluding carboxylic acids is 1.